The molecule has 24 heavy (non-hydrogen) atoms. The lowest BCUT2D eigenvalue weighted by molar-refractivity contribution is -0.186. The van der Waals surface area contributed by atoms with E-state index >= 15 is 0 Å². The number of nitrogens with two attached hydrogens (primary N) is 1. The van der Waals surface area contributed by atoms with Crippen LogP contribution in [0.15, 0.2) is 23.9 Å². The van der Waals surface area contributed by atoms with Crippen molar-refractivity contribution in [3.8, 4) is 0 Å². The molecule has 1 atom stereocenters. The van der Waals surface area contributed by atoms with Gasteiger partial charge in [-0.3, -0.25) is 10.2 Å². The summed E-state index contributed by atoms with van der Waals surface area (Å²) in [6, 6.07) is 2.77. The zero-order valence-electron chi connectivity index (χ0n) is 12.5. The van der Waals surface area contributed by atoms with Crippen LogP contribution in [0.1, 0.15) is 33.8 Å². The van der Waals surface area contributed by atoms with Gasteiger partial charge >= 0.3 is 6.18 Å². The van der Waals surface area contributed by atoms with Gasteiger partial charge in [-0.15, -0.1) is 11.3 Å². The quantitative estimate of drug-likeness (QED) is 0.553. The van der Waals surface area contributed by atoms with Gasteiger partial charge in [0.05, 0.1) is 15.5 Å². The maximum Gasteiger partial charge on any atom is 0.430 e. The first-order valence-electron chi connectivity index (χ1n) is 7.08. The fraction of sp³-hybridized carbons (Fsp3) is 0.429. The number of allylic oxidation sites excluding steroid dienone is 2. The summed E-state index contributed by atoms with van der Waals surface area (Å²) in [6.45, 7) is 0.563. The van der Waals surface area contributed by atoms with Crippen LogP contribution in [0, 0.1) is 5.41 Å². The molecule has 132 valence electrons. The van der Waals surface area contributed by atoms with Gasteiger partial charge in [0.1, 0.15) is 5.70 Å². The van der Waals surface area contributed by atoms with Crippen LogP contribution in [0.5, 0.6) is 0 Å². The van der Waals surface area contributed by atoms with Crippen LogP contribution in [-0.4, -0.2) is 30.7 Å². The lowest BCUT2D eigenvalue weighted by atomic mass is 10.2. The molecule has 1 aliphatic heterocycles. The van der Waals surface area contributed by atoms with Crippen LogP contribution < -0.4 is 11.2 Å². The zero-order chi connectivity index (χ0) is 17.7. The van der Waals surface area contributed by atoms with E-state index in [1.807, 2.05) is 0 Å². The highest BCUT2D eigenvalue weighted by Gasteiger charge is 2.31. The summed E-state index contributed by atoms with van der Waals surface area (Å²) in [6.07, 6.45) is -2.14. The van der Waals surface area contributed by atoms with Crippen molar-refractivity contribution in [1.29, 1.82) is 5.41 Å². The number of alkyl halides is 3. The molecule has 1 aliphatic rings. The van der Waals surface area contributed by atoms with Crippen molar-refractivity contribution in [2.45, 2.75) is 31.7 Å². The molecule has 10 heteroatoms. The predicted octanol–water partition coefficient (Wildman–Crippen LogP) is 2.71. The van der Waals surface area contributed by atoms with Gasteiger partial charge in [-0.25, -0.2) is 10.3 Å². The van der Waals surface area contributed by atoms with Crippen LogP contribution in [0.25, 0.3) is 0 Å². The second kappa shape index (κ2) is 7.77. The van der Waals surface area contributed by atoms with Crippen molar-refractivity contribution in [3.05, 3.63) is 33.7 Å². The molecule has 4 N–H and O–H groups in total. The molecule has 0 aliphatic carbocycles. The number of amides is 1. The molecule has 0 spiro atoms. The number of thiophene rings is 1. The Morgan fingerprint density at radius 3 is 2.75 bits per heavy atom. The highest BCUT2D eigenvalue weighted by Crippen LogP contribution is 2.23. The molecule has 2 rings (SSSR count). The number of halogens is 3. The van der Waals surface area contributed by atoms with E-state index in [0.717, 1.165) is 24.2 Å². The first-order chi connectivity index (χ1) is 11.3. The molecule has 1 amide bonds. The van der Waals surface area contributed by atoms with Gasteiger partial charge < -0.3 is 10.5 Å². The van der Waals surface area contributed by atoms with E-state index in [9.17, 15) is 18.0 Å². The highest BCUT2D eigenvalue weighted by molar-refractivity contribution is 7.16. The minimum atomic E-state index is -4.70. The van der Waals surface area contributed by atoms with E-state index < -0.39 is 29.8 Å². The first-order valence-corrected chi connectivity index (χ1v) is 7.89. The van der Waals surface area contributed by atoms with Gasteiger partial charge in [-0.1, -0.05) is 0 Å². The number of carbonyl (C=O) groups excluding carboxylic acids is 1. The van der Waals surface area contributed by atoms with Gasteiger partial charge in [0.15, 0.2) is 6.29 Å². The number of nitrogens with one attached hydrogen (secondary N) is 2. The Morgan fingerprint density at radius 2 is 2.12 bits per heavy atom. The summed E-state index contributed by atoms with van der Waals surface area (Å²) in [7, 11) is 0. The fourth-order valence-corrected chi connectivity index (χ4v) is 2.70. The molecule has 0 bridgehead atoms. The molecule has 0 saturated carbocycles. The van der Waals surface area contributed by atoms with Crippen LogP contribution >= 0.6 is 11.3 Å². The molecule has 1 unspecified atom stereocenters. The first kappa shape index (κ1) is 18.4. The lowest BCUT2D eigenvalue weighted by Crippen LogP contribution is -2.32. The van der Waals surface area contributed by atoms with Crippen molar-refractivity contribution in [1.82, 2.24) is 5.48 Å². The summed E-state index contributed by atoms with van der Waals surface area (Å²) in [5.41, 5.74) is 5.32. The van der Waals surface area contributed by atoms with E-state index in [1.165, 1.54) is 12.1 Å². The van der Waals surface area contributed by atoms with Crippen molar-refractivity contribution < 1.29 is 27.5 Å². The smallest absolute Gasteiger partial charge is 0.395 e. The standard InChI is InChI=1S/C14H16F3N3O3S/c15-14(16,17)11(19)7-8(18)9-4-5-10(24-9)13(21)20-23-12-3-1-2-6-22-12/h4-5,7,12,18H,1-3,6,19H2,(H,20,21). The van der Waals surface area contributed by atoms with Crippen molar-refractivity contribution in [2.75, 3.05) is 6.61 Å². The summed E-state index contributed by atoms with van der Waals surface area (Å²) in [5.74, 6) is -0.555. The number of ether oxygens (including phenoxy) is 1. The van der Waals surface area contributed by atoms with Crippen LogP contribution in [-0.2, 0) is 9.57 Å². The number of hydroxylamine groups is 1. The molecule has 1 saturated heterocycles. The third kappa shape index (κ3) is 5.05. The molecule has 6 nitrogen and oxygen atoms in total. The van der Waals surface area contributed by atoms with Gasteiger partial charge in [-0.05, 0) is 31.1 Å². The average Bonchev–Trinajstić information content (AvgIpc) is 3.03. The third-order valence-electron chi connectivity index (χ3n) is 3.14. The maximum absolute atomic E-state index is 12.4. The number of carbonyl (C=O) groups is 1. The Kier molecular flexibility index (Phi) is 5.97. The Labute approximate surface area is 139 Å². The largest absolute Gasteiger partial charge is 0.430 e. The summed E-state index contributed by atoms with van der Waals surface area (Å²) < 4.78 is 42.4. The Balaban J connectivity index is 1.94. The Hall–Kier alpha value is -1.91. The second-order valence-electron chi connectivity index (χ2n) is 5.02. The van der Waals surface area contributed by atoms with E-state index in [0.29, 0.717) is 19.1 Å². The molecule has 1 aromatic rings. The number of rotatable bonds is 5. The molecular formula is C14H16F3N3O3S. The van der Waals surface area contributed by atoms with E-state index in [1.54, 1.807) is 0 Å². The van der Waals surface area contributed by atoms with E-state index in [-0.39, 0.29) is 9.75 Å². The maximum atomic E-state index is 12.4. The number of hydrogen-bond donors (Lipinski definition) is 3. The van der Waals surface area contributed by atoms with Crippen LogP contribution in [0.4, 0.5) is 13.2 Å². The average molecular weight is 363 g/mol. The van der Waals surface area contributed by atoms with Gasteiger partial charge in [0.2, 0.25) is 0 Å². The monoisotopic (exact) mass is 363 g/mol. The fourth-order valence-electron chi connectivity index (χ4n) is 1.89. The zero-order valence-corrected chi connectivity index (χ0v) is 13.3. The highest BCUT2D eigenvalue weighted by atomic mass is 32.1. The lowest BCUT2D eigenvalue weighted by Gasteiger charge is -2.21. The minimum absolute atomic E-state index is 0.182. The van der Waals surface area contributed by atoms with E-state index in [4.69, 9.17) is 20.7 Å². The third-order valence-corrected chi connectivity index (χ3v) is 4.26. The van der Waals surface area contributed by atoms with E-state index in [2.05, 4.69) is 5.48 Å². The SMILES string of the molecule is N=C(C=C(N)C(F)(F)F)c1ccc(C(=O)NOC2CCCCO2)s1. The Morgan fingerprint density at radius 1 is 1.42 bits per heavy atom. The molecule has 1 fully saturated rings. The molecule has 1 aromatic heterocycles. The Bertz CT molecular complexity index is 637. The molecular weight excluding hydrogens is 347 g/mol. The van der Waals surface area contributed by atoms with Gasteiger partial charge in [-0.2, -0.15) is 13.2 Å². The summed E-state index contributed by atoms with van der Waals surface area (Å²) in [5, 5.41) is 7.63. The topological polar surface area (TPSA) is 97.4 Å². The minimum Gasteiger partial charge on any atom is -0.395 e. The molecule has 0 radical (unpaired) electrons. The summed E-state index contributed by atoms with van der Waals surface area (Å²) in [4.78, 5) is 17.4. The van der Waals surface area contributed by atoms with Crippen molar-refractivity contribution in [2.24, 2.45) is 5.73 Å². The van der Waals surface area contributed by atoms with Crippen molar-refractivity contribution >= 4 is 23.0 Å². The van der Waals surface area contributed by atoms with Crippen LogP contribution in [0.2, 0.25) is 0 Å². The second-order valence-corrected chi connectivity index (χ2v) is 6.10. The molecule has 0 aromatic carbocycles. The summed E-state index contributed by atoms with van der Waals surface area (Å²) >= 11 is 0.863. The molecule has 2 heterocycles. The van der Waals surface area contributed by atoms with Crippen molar-refractivity contribution in [3.63, 3.8) is 0 Å². The van der Waals surface area contributed by atoms with Crippen LogP contribution in [0.3, 0.4) is 0 Å². The number of hydrogen-bond acceptors (Lipinski definition) is 6. The normalized spacial score (nSPS) is 19.1. The predicted molar refractivity (Wildman–Crippen MR) is 81.6 cm³/mol. The van der Waals surface area contributed by atoms with Gasteiger partial charge in [0.25, 0.3) is 5.91 Å². The van der Waals surface area contributed by atoms with Gasteiger partial charge in [0, 0.05) is 13.0 Å².